The van der Waals surface area contributed by atoms with Crippen molar-refractivity contribution in [2.24, 2.45) is 11.0 Å². The summed E-state index contributed by atoms with van der Waals surface area (Å²) in [6, 6.07) is 0.158. The maximum atomic E-state index is 11.7. The topological polar surface area (TPSA) is 72.0 Å². The lowest BCUT2D eigenvalue weighted by atomic mass is 10.1. The molecule has 0 saturated heterocycles. The number of amides is 1. The highest BCUT2D eigenvalue weighted by Gasteiger charge is 2.35. The summed E-state index contributed by atoms with van der Waals surface area (Å²) in [5.41, 5.74) is 2.53. The van der Waals surface area contributed by atoms with Gasteiger partial charge in [-0.05, 0) is 40.0 Å². The van der Waals surface area contributed by atoms with Gasteiger partial charge in [0.1, 0.15) is 5.60 Å². The number of ether oxygens (including phenoxy) is 2. The molecule has 1 saturated carbocycles. The highest BCUT2D eigenvalue weighted by Crippen LogP contribution is 2.30. The molecule has 2 aliphatic rings. The molecule has 6 nitrogen and oxygen atoms in total. The molecule has 0 radical (unpaired) electrons. The van der Waals surface area contributed by atoms with Gasteiger partial charge in [-0.25, -0.2) is 4.79 Å². The smallest absolute Gasteiger partial charge is 0.407 e. The van der Waals surface area contributed by atoms with E-state index in [9.17, 15) is 4.79 Å². The van der Waals surface area contributed by atoms with Crippen LogP contribution in [0.1, 0.15) is 47.0 Å². The number of nitrogens with zero attached hydrogens (tertiary/aromatic N) is 1. The van der Waals surface area contributed by atoms with Crippen LogP contribution in [0.2, 0.25) is 0 Å². The van der Waals surface area contributed by atoms with Gasteiger partial charge >= 0.3 is 6.09 Å². The third kappa shape index (κ3) is 4.01. The van der Waals surface area contributed by atoms with E-state index in [2.05, 4.69) is 15.8 Å². The van der Waals surface area contributed by atoms with Crippen molar-refractivity contribution in [2.45, 2.75) is 64.8 Å². The summed E-state index contributed by atoms with van der Waals surface area (Å²) >= 11 is 0. The molecule has 0 bridgehead atoms. The van der Waals surface area contributed by atoms with Crippen molar-refractivity contribution in [3.63, 3.8) is 0 Å². The Morgan fingerprint density at radius 2 is 2.21 bits per heavy atom. The Kier molecular flexibility index (Phi) is 3.87. The second-order valence-electron chi connectivity index (χ2n) is 6.21. The highest BCUT2D eigenvalue weighted by atomic mass is 16.6. The zero-order valence-corrected chi connectivity index (χ0v) is 12.0. The summed E-state index contributed by atoms with van der Waals surface area (Å²) in [6.07, 6.45) is 2.46. The zero-order chi connectivity index (χ0) is 14.0. The van der Waals surface area contributed by atoms with E-state index in [1.165, 1.54) is 0 Å². The zero-order valence-electron chi connectivity index (χ0n) is 12.0. The maximum absolute atomic E-state index is 11.7. The average molecular weight is 269 g/mol. The first kappa shape index (κ1) is 14.0. The van der Waals surface area contributed by atoms with E-state index in [0.29, 0.717) is 11.8 Å². The number of alkyl carbamates (subject to hydrolysis) is 1. The molecule has 1 aliphatic heterocycles. The van der Waals surface area contributed by atoms with Gasteiger partial charge in [-0.2, -0.15) is 0 Å². The number of carbonyl (C=O) groups excluding carboxylic acids is 1. The van der Waals surface area contributed by atoms with Crippen LogP contribution in [0, 0.1) is 5.92 Å². The van der Waals surface area contributed by atoms with Crippen molar-refractivity contribution in [1.82, 2.24) is 10.7 Å². The normalized spacial score (nSPS) is 30.3. The molecule has 0 aromatic heterocycles. The third-order valence-electron chi connectivity index (χ3n) is 3.27. The summed E-state index contributed by atoms with van der Waals surface area (Å²) < 4.78 is 10.8. The number of rotatable bonds is 2. The number of hydrogen-bond donors (Lipinski definition) is 2. The molecule has 1 fully saturated rings. The summed E-state index contributed by atoms with van der Waals surface area (Å²) in [5.74, 6) is 1.05. The van der Waals surface area contributed by atoms with Crippen LogP contribution in [0.4, 0.5) is 4.79 Å². The molecule has 2 rings (SSSR count). The van der Waals surface area contributed by atoms with Crippen molar-refractivity contribution >= 4 is 12.0 Å². The van der Waals surface area contributed by atoms with E-state index >= 15 is 0 Å². The van der Waals surface area contributed by atoms with Gasteiger partial charge in [0, 0.05) is 18.9 Å². The minimum Gasteiger partial charge on any atom is -0.455 e. The fraction of sp³-hybridized carbons (Fsp3) is 0.846. The van der Waals surface area contributed by atoms with E-state index in [1.807, 2.05) is 27.7 Å². The second kappa shape index (κ2) is 5.27. The van der Waals surface area contributed by atoms with Gasteiger partial charge in [0.25, 0.3) is 0 Å². The van der Waals surface area contributed by atoms with Crippen LogP contribution < -0.4 is 10.7 Å². The van der Waals surface area contributed by atoms with E-state index in [4.69, 9.17) is 9.47 Å². The molecule has 108 valence electrons. The predicted molar refractivity (Wildman–Crippen MR) is 71.6 cm³/mol. The average Bonchev–Trinajstić information content (AvgIpc) is 2.83. The van der Waals surface area contributed by atoms with Crippen molar-refractivity contribution in [3.8, 4) is 0 Å². The minimum atomic E-state index is -0.455. The molecule has 0 aromatic rings. The molecule has 19 heavy (non-hydrogen) atoms. The van der Waals surface area contributed by atoms with E-state index < -0.39 is 5.60 Å². The molecule has 6 heteroatoms. The highest BCUT2D eigenvalue weighted by molar-refractivity contribution is 5.74. The summed E-state index contributed by atoms with van der Waals surface area (Å²) in [7, 11) is 0. The Morgan fingerprint density at radius 1 is 1.47 bits per heavy atom. The van der Waals surface area contributed by atoms with Crippen LogP contribution >= 0.6 is 0 Å². The molecule has 2 N–H and O–H groups in total. The molecular formula is C13H23N3O3. The van der Waals surface area contributed by atoms with E-state index in [1.54, 1.807) is 0 Å². The Hall–Kier alpha value is -1.46. The van der Waals surface area contributed by atoms with Crippen LogP contribution in [-0.4, -0.2) is 29.9 Å². The van der Waals surface area contributed by atoms with Crippen LogP contribution in [0.25, 0.3) is 0 Å². The number of carbonyl (C=O) groups is 1. The van der Waals surface area contributed by atoms with Crippen molar-refractivity contribution in [2.75, 3.05) is 0 Å². The van der Waals surface area contributed by atoms with Gasteiger partial charge in [-0.15, -0.1) is 5.10 Å². The van der Waals surface area contributed by atoms with Gasteiger partial charge in [-0.3, -0.25) is 5.43 Å². The van der Waals surface area contributed by atoms with Crippen LogP contribution in [-0.2, 0) is 9.47 Å². The molecule has 1 amide bonds. The fourth-order valence-electron chi connectivity index (χ4n) is 2.49. The molecular weight excluding hydrogens is 246 g/mol. The Labute approximate surface area is 113 Å². The Morgan fingerprint density at radius 3 is 2.79 bits per heavy atom. The van der Waals surface area contributed by atoms with Gasteiger partial charge < -0.3 is 14.8 Å². The van der Waals surface area contributed by atoms with Gasteiger partial charge in [-0.1, -0.05) is 0 Å². The standard InChI is InChI=1S/C13H23N3O3/c1-8-15-16-11(18-8)9-5-6-10(7-9)14-12(17)19-13(2,3)4/h9-11,16H,5-7H2,1-4H3,(H,14,17)/t9-,10+,11?/m1/s1. The molecule has 1 aliphatic carbocycles. The second-order valence-corrected chi connectivity index (χ2v) is 6.21. The van der Waals surface area contributed by atoms with Crippen LogP contribution in [0.5, 0.6) is 0 Å². The van der Waals surface area contributed by atoms with Gasteiger partial charge in [0.05, 0.1) is 0 Å². The molecule has 0 aromatic carbocycles. The number of hydrogen-bond acceptors (Lipinski definition) is 5. The lowest BCUT2D eigenvalue weighted by Crippen LogP contribution is -2.38. The SMILES string of the molecule is CC1=NNC([C@@H]2CC[C@H](NC(=O)OC(C)(C)C)C2)O1. The molecule has 1 heterocycles. The largest absolute Gasteiger partial charge is 0.455 e. The lowest BCUT2D eigenvalue weighted by molar-refractivity contribution is 0.0499. The first-order valence-corrected chi connectivity index (χ1v) is 6.79. The molecule has 1 unspecified atom stereocenters. The summed E-state index contributed by atoms with van der Waals surface area (Å²) in [5, 5.41) is 6.95. The van der Waals surface area contributed by atoms with Crippen molar-refractivity contribution in [3.05, 3.63) is 0 Å². The Balaban J connectivity index is 1.75. The van der Waals surface area contributed by atoms with Crippen molar-refractivity contribution < 1.29 is 14.3 Å². The Bertz CT molecular complexity index is 376. The summed E-state index contributed by atoms with van der Waals surface area (Å²) in [4.78, 5) is 11.7. The quantitative estimate of drug-likeness (QED) is 0.804. The van der Waals surface area contributed by atoms with Gasteiger partial charge in [0.15, 0.2) is 6.23 Å². The molecule has 0 spiro atoms. The third-order valence-corrected chi connectivity index (χ3v) is 3.27. The first-order chi connectivity index (χ1) is 8.83. The first-order valence-electron chi connectivity index (χ1n) is 6.79. The van der Waals surface area contributed by atoms with E-state index in [0.717, 1.165) is 19.3 Å². The maximum Gasteiger partial charge on any atom is 0.407 e. The minimum absolute atomic E-state index is 0.0505. The lowest BCUT2D eigenvalue weighted by Gasteiger charge is -2.22. The fourth-order valence-corrected chi connectivity index (χ4v) is 2.49. The summed E-state index contributed by atoms with van der Waals surface area (Å²) in [6.45, 7) is 7.42. The predicted octanol–water partition coefficient (Wildman–Crippen LogP) is 1.96. The van der Waals surface area contributed by atoms with Gasteiger partial charge in [0.2, 0.25) is 5.90 Å². The monoisotopic (exact) mass is 269 g/mol. The molecule has 3 atom stereocenters. The van der Waals surface area contributed by atoms with Crippen molar-refractivity contribution in [1.29, 1.82) is 0 Å². The number of hydrazone groups is 1. The van der Waals surface area contributed by atoms with Crippen LogP contribution in [0.3, 0.4) is 0 Å². The van der Waals surface area contributed by atoms with Crippen LogP contribution in [0.15, 0.2) is 5.10 Å². The van der Waals surface area contributed by atoms with E-state index in [-0.39, 0.29) is 18.4 Å². The number of nitrogens with one attached hydrogen (secondary N) is 2.